The van der Waals surface area contributed by atoms with Gasteiger partial charge in [0.05, 0.1) is 29.1 Å². The van der Waals surface area contributed by atoms with Crippen molar-refractivity contribution in [1.29, 1.82) is 0 Å². The van der Waals surface area contributed by atoms with Crippen LogP contribution in [0.3, 0.4) is 0 Å². The molecule has 0 aliphatic carbocycles. The van der Waals surface area contributed by atoms with Crippen LogP contribution in [0.25, 0.3) is 21.1 Å². The van der Waals surface area contributed by atoms with Gasteiger partial charge in [-0.1, -0.05) is 12.1 Å². The zero-order chi connectivity index (χ0) is 23.1. The first kappa shape index (κ1) is 22.1. The van der Waals surface area contributed by atoms with Crippen LogP contribution >= 0.6 is 11.3 Å². The number of piperidine rings is 1. The standard InChI is InChI=1S/C26H32N6OS/c1-30(2)18-7-10-31(11-8-18)26(24-14-22-25(34-24)15-27-17-29-22)32-12-13-33-23(16-32)20-4-3-5-21-19(20)6-9-28-21/h3-6,9,14-15,17-18,23,26,28H,7-8,10-13,16H2,1-2H3. The van der Waals surface area contributed by atoms with Gasteiger partial charge in [-0.2, -0.15) is 0 Å². The normalized spacial score (nSPS) is 22.1. The largest absolute Gasteiger partial charge is 0.371 e. The maximum absolute atomic E-state index is 6.35. The predicted octanol–water partition coefficient (Wildman–Crippen LogP) is 4.27. The van der Waals surface area contributed by atoms with Crippen LogP contribution in [0.4, 0.5) is 0 Å². The topological polar surface area (TPSA) is 60.5 Å². The molecule has 5 heterocycles. The van der Waals surface area contributed by atoms with Crippen LogP contribution in [0.1, 0.15) is 35.6 Å². The molecule has 2 atom stereocenters. The first-order valence-corrected chi connectivity index (χ1v) is 13.0. The molecule has 0 spiro atoms. The van der Waals surface area contributed by atoms with Crippen LogP contribution in [0.2, 0.25) is 0 Å². The highest BCUT2D eigenvalue weighted by molar-refractivity contribution is 7.19. The summed E-state index contributed by atoms with van der Waals surface area (Å²) >= 11 is 1.84. The monoisotopic (exact) mass is 476 g/mol. The summed E-state index contributed by atoms with van der Waals surface area (Å²) in [5.74, 6) is 0. The smallest absolute Gasteiger partial charge is 0.116 e. The van der Waals surface area contributed by atoms with Crippen molar-refractivity contribution in [3.05, 3.63) is 59.5 Å². The molecule has 178 valence electrons. The van der Waals surface area contributed by atoms with Gasteiger partial charge >= 0.3 is 0 Å². The van der Waals surface area contributed by atoms with Crippen molar-refractivity contribution in [2.45, 2.75) is 31.2 Å². The molecule has 2 aliphatic heterocycles. The third-order valence-corrected chi connectivity index (χ3v) is 8.56. The van der Waals surface area contributed by atoms with E-state index in [1.807, 2.05) is 23.7 Å². The lowest BCUT2D eigenvalue weighted by Gasteiger charge is -2.46. The van der Waals surface area contributed by atoms with Crippen molar-refractivity contribution in [1.82, 2.24) is 29.7 Å². The summed E-state index contributed by atoms with van der Waals surface area (Å²) < 4.78 is 7.51. The number of ether oxygens (including phenoxy) is 1. The molecule has 3 aromatic heterocycles. The molecule has 8 heteroatoms. The number of rotatable bonds is 5. The number of thiophene rings is 1. The zero-order valence-electron chi connectivity index (χ0n) is 19.9. The fraction of sp³-hybridized carbons (Fsp3) is 0.462. The number of fused-ring (bicyclic) bond motifs is 2. The Morgan fingerprint density at radius 3 is 2.85 bits per heavy atom. The van der Waals surface area contributed by atoms with E-state index < -0.39 is 0 Å². The van der Waals surface area contributed by atoms with Crippen molar-refractivity contribution in [2.75, 3.05) is 46.9 Å². The minimum Gasteiger partial charge on any atom is -0.371 e. The maximum Gasteiger partial charge on any atom is 0.116 e. The third kappa shape index (κ3) is 4.14. The van der Waals surface area contributed by atoms with Gasteiger partial charge in [0.1, 0.15) is 6.33 Å². The van der Waals surface area contributed by atoms with E-state index >= 15 is 0 Å². The van der Waals surface area contributed by atoms with Crippen LogP contribution in [0.15, 0.2) is 49.1 Å². The van der Waals surface area contributed by atoms with Crippen LogP contribution in [-0.4, -0.2) is 82.6 Å². The van der Waals surface area contributed by atoms with Gasteiger partial charge in [0.15, 0.2) is 0 Å². The highest BCUT2D eigenvalue weighted by Gasteiger charge is 2.35. The average molecular weight is 477 g/mol. The highest BCUT2D eigenvalue weighted by Crippen LogP contribution is 2.38. The van der Waals surface area contributed by atoms with Crippen LogP contribution in [0.5, 0.6) is 0 Å². The molecule has 0 radical (unpaired) electrons. The number of benzene rings is 1. The van der Waals surface area contributed by atoms with Crippen molar-refractivity contribution < 1.29 is 4.74 Å². The lowest BCUT2D eigenvalue weighted by molar-refractivity contribution is -0.0824. The Morgan fingerprint density at radius 2 is 2.03 bits per heavy atom. The van der Waals surface area contributed by atoms with E-state index in [1.54, 1.807) is 6.33 Å². The number of hydrogen-bond donors (Lipinski definition) is 1. The summed E-state index contributed by atoms with van der Waals surface area (Å²) in [6, 6.07) is 11.6. The zero-order valence-corrected chi connectivity index (χ0v) is 20.7. The Bertz CT molecular complexity index is 1230. The minimum absolute atomic E-state index is 0.0595. The molecule has 7 nitrogen and oxygen atoms in total. The SMILES string of the molecule is CN(C)C1CCN(C(c2cc3ncncc3s2)N2CCOC(c3cccc4[nH]ccc34)C2)CC1. The van der Waals surface area contributed by atoms with E-state index in [2.05, 4.69) is 74.1 Å². The Hall–Kier alpha value is -2.36. The second-order valence-electron chi connectivity index (χ2n) is 9.67. The number of nitrogens with one attached hydrogen (secondary N) is 1. The minimum atomic E-state index is 0.0595. The molecule has 34 heavy (non-hydrogen) atoms. The van der Waals surface area contributed by atoms with Crippen LogP contribution in [0, 0.1) is 0 Å². The molecule has 6 rings (SSSR count). The number of H-pyrrole nitrogens is 1. The quantitative estimate of drug-likeness (QED) is 0.464. The van der Waals surface area contributed by atoms with E-state index in [-0.39, 0.29) is 12.3 Å². The van der Waals surface area contributed by atoms with Crippen molar-refractivity contribution >= 4 is 32.5 Å². The number of aromatic nitrogens is 3. The van der Waals surface area contributed by atoms with Crippen molar-refractivity contribution in [3.63, 3.8) is 0 Å². The highest BCUT2D eigenvalue weighted by atomic mass is 32.1. The summed E-state index contributed by atoms with van der Waals surface area (Å²) in [7, 11) is 4.41. The fourth-order valence-electron chi connectivity index (χ4n) is 5.64. The average Bonchev–Trinajstić information content (AvgIpc) is 3.51. The Labute approximate surface area is 204 Å². The molecule has 0 amide bonds. The summed E-state index contributed by atoms with van der Waals surface area (Å²) in [4.78, 5) is 21.2. The summed E-state index contributed by atoms with van der Waals surface area (Å²) in [6.45, 7) is 4.74. The number of likely N-dealkylation sites (tertiary alicyclic amines) is 1. The first-order chi connectivity index (χ1) is 16.7. The second kappa shape index (κ2) is 9.36. The van der Waals surface area contributed by atoms with Crippen LogP contribution < -0.4 is 0 Å². The van der Waals surface area contributed by atoms with Crippen LogP contribution in [-0.2, 0) is 4.74 Å². The van der Waals surface area contributed by atoms with Gasteiger partial charge in [-0.25, -0.2) is 9.97 Å². The number of hydrogen-bond acceptors (Lipinski definition) is 7. The fourth-order valence-corrected chi connectivity index (χ4v) is 6.80. The Balaban J connectivity index is 1.32. The van der Waals surface area contributed by atoms with E-state index in [4.69, 9.17) is 4.74 Å². The Kier molecular flexibility index (Phi) is 6.09. The first-order valence-electron chi connectivity index (χ1n) is 12.2. The number of morpholine rings is 1. The Morgan fingerprint density at radius 1 is 1.15 bits per heavy atom. The lowest BCUT2D eigenvalue weighted by atomic mass is 10.0. The maximum atomic E-state index is 6.35. The van der Waals surface area contributed by atoms with Gasteiger partial charge in [0.25, 0.3) is 0 Å². The molecule has 0 saturated carbocycles. The molecule has 4 aromatic rings. The van der Waals surface area contributed by atoms with Gasteiger partial charge in [-0.15, -0.1) is 11.3 Å². The molecular formula is C26H32N6OS. The molecular weight excluding hydrogens is 444 g/mol. The predicted molar refractivity (Wildman–Crippen MR) is 137 cm³/mol. The summed E-state index contributed by atoms with van der Waals surface area (Å²) in [5, 5.41) is 1.26. The molecule has 2 unspecified atom stereocenters. The molecule has 1 N–H and O–H groups in total. The molecule has 0 bridgehead atoms. The van der Waals surface area contributed by atoms with Gasteiger partial charge < -0.3 is 14.6 Å². The second-order valence-corrected chi connectivity index (χ2v) is 10.8. The van der Waals surface area contributed by atoms with Gasteiger partial charge in [-0.3, -0.25) is 9.80 Å². The lowest BCUT2D eigenvalue weighted by Crippen LogP contribution is -2.51. The van der Waals surface area contributed by atoms with Gasteiger partial charge in [0, 0.05) is 60.4 Å². The molecule has 2 fully saturated rings. The van der Waals surface area contributed by atoms with Crippen molar-refractivity contribution in [3.8, 4) is 0 Å². The van der Waals surface area contributed by atoms with Crippen molar-refractivity contribution in [2.24, 2.45) is 0 Å². The number of nitrogens with zero attached hydrogens (tertiary/aromatic N) is 5. The molecule has 2 aliphatic rings. The van der Waals surface area contributed by atoms with E-state index in [9.17, 15) is 0 Å². The van der Waals surface area contributed by atoms with E-state index in [0.29, 0.717) is 6.04 Å². The molecule has 2 saturated heterocycles. The van der Waals surface area contributed by atoms with E-state index in [1.165, 1.54) is 34.2 Å². The van der Waals surface area contributed by atoms with Gasteiger partial charge in [-0.05, 0) is 50.7 Å². The van der Waals surface area contributed by atoms with Gasteiger partial charge in [0.2, 0.25) is 0 Å². The summed E-state index contributed by atoms with van der Waals surface area (Å²) in [6.07, 6.45) is 8.31. The third-order valence-electron chi connectivity index (χ3n) is 7.46. The number of aromatic amines is 1. The summed E-state index contributed by atoms with van der Waals surface area (Å²) in [5.41, 5.74) is 3.49. The molecule has 1 aromatic carbocycles. The van der Waals surface area contributed by atoms with E-state index in [0.717, 1.165) is 43.0 Å².